The maximum atomic E-state index is 11.3. The van der Waals surface area contributed by atoms with E-state index < -0.39 is 5.97 Å². The third kappa shape index (κ3) is 6.33. The van der Waals surface area contributed by atoms with Gasteiger partial charge in [-0.25, -0.2) is 4.68 Å². The van der Waals surface area contributed by atoms with E-state index in [0.29, 0.717) is 34.1 Å². The highest BCUT2D eigenvalue weighted by Crippen LogP contribution is 2.26. The molecule has 0 bridgehead atoms. The average Bonchev–Trinajstić information content (AvgIpc) is 3.55. The molecule has 39 heavy (non-hydrogen) atoms. The molecular weight excluding hydrogens is 534 g/mol. The Morgan fingerprint density at radius 3 is 2.26 bits per heavy atom. The molecule has 2 aromatic carbocycles. The van der Waals surface area contributed by atoms with Crippen LogP contribution in [0.1, 0.15) is 12.0 Å². The van der Waals surface area contributed by atoms with Gasteiger partial charge in [0.15, 0.2) is 11.6 Å². The standard InChI is InChI=1S/C26H23N9O2S2/c27-34-23(20-12-7-14-28-16-20)29-31-25(34)38-15-13-21(18-8-3-1-4-9-18)33-35-24(19-10-5-2-6-11-19)30-32-26(35)39-17-22(36)37/h1-12,14,16H,13,15,17,27H2,(H,36,37)/b33-21+. The second-order valence-electron chi connectivity index (χ2n) is 8.10. The van der Waals surface area contributed by atoms with E-state index in [0.717, 1.165) is 34.2 Å². The third-order valence-corrected chi connectivity index (χ3v) is 7.30. The van der Waals surface area contributed by atoms with Crippen molar-refractivity contribution in [2.75, 3.05) is 17.3 Å². The number of benzene rings is 2. The average molecular weight is 558 g/mol. The van der Waals surface area contributed by atoms with Crippen LogP contribution in [0.25, 0.3) is 22.8 Å². The summed E-state index contributed by atoms with van der Waals surface area (Å²) in [7, 11) is 0. The van der Waals surface area contributed by atoms with Gasteiger partial charge in [0.1, 0.15) is 0 Å². The first kappa shape index (κ1) is 26.1. The number of aliphatic carboxylic acids is 1. The fraction of sp³-hybridized carbons (Fsp3) is 0.115. The molecule has 0 aliphatic carbocycles. The number of hydrogen-bond donors (Lipinski definition) is 2. The van der Waals surface area contributed by atoms with E-state index in [1.54, 1.807) is 17.1 Å². The van der Waals surface area contributed by atoms with Crippen LogP contribution in [0.2, 0.25) is 0 Å². The molecule has 0 spiro atoms. The zero-order valence-corrected chi connectivity index (χ0v) is 22.2. The van der Waals surface area contributed by atoms with E-state index in [1.807, 2.05) is 72.8 Å². The number of carbonyl (C=O) groups is 1. The summed E-state index contributed by atoms with van der Waals surface area (Å²) in [4.78, 5) is 15.4. The van der Waals surface area contributed by atoms with Crippen molar-refractivity contribution in [3.8, 4) is 22.8 Å². The minimum absolute atomic E-state index is 0.162. The fourth-order valence-electron chi connectivity index (χ4n) is 3.65. The SMILES string of the molecule is Nn1c(SCC/C(=N\n2c(SCC(=O)O)nnc2-c2ccccc2)c2ccccc2)nnc1-c1cccnc1. The summed E-state index contributed by atoms with van der Waals surface area (Å²) in [6, 6.07) is 23.0. The first-order chi connectivity index (χ1) is 19.1. The third-order valence-electron chi connectivity index (χ3n) is 5.45. The predicted molar refractivity (Wildman–Crippen MR) is 151 cm³/mol. The Kier molecular flexibility index (Phi) is 8.29. The Bertz CT molecular complexity index is 1570. The molecule has 0 fully saturated rings. The van der Waals surface area contributed by atoms with Crippen molar-refractivity contribution in [3.63, 3.8) is 0 Å². The molecule has 5 aromatic rings. The van der Waals surface area contributed by atoms with Gasteiger partial charge in [-0.15, -0.1) is 20.4 Å². The highest BCUT2D eigenvalue weighted by Gasteiger charge is 2.18. The maximum absolute atomic E-state index is 11.3. The number of nitrogens with zero attached hydrogens (tertiary/aromatic N) is 8. The van der Waals surface area contributed by atoms with Gasteiger partial charge in [0.05, 0.1) is 11.5 Å². The summed E-state index contributed by atoms with van der Waals surface area (Å²) >= 11 is 2.52. The van der Waals surface area contributed by atoms with Gasteiger partial charge in [0, 0.05) is 35.7 Å². The molecule has 0 atom stereocenters. The molecule has 0 amide bonds. The highest BCUT2D eigenvalue weighted by atomic mass is 32.2. The molecule has 0 saturated carbocycles. The van der Waals surface area contributed by atoms with E-state index in [2.05, 4.69) is 25.4 Å². The van der Waals surface area contributed by atoms with Crippen molar-refractivity contribution in [3.05, 3.63) is 90.8 Å². The molecule has 3 aromatic heterocycles. The molecule has 0 aliphatic rings. The van der Waals surface area contributed by atoms with Crippen LogP contribution in [0.3, 0.4) is 0 Å². The molecule has 196 valence electrons. The van der Waals surface area contributed by atoms with Crippen LogP contribution >= 0.6 is 23.5 Å². The van der Waals surface area contributed by atoms with E-state index in [1.165, 1.54) is 16.4 Å². The molecule has 0 aliphatic heterocycles. The van der Waals surface area contributed by atoms with E-state index in [9.17, 15) is 9.90 Å². The summed E-state index contributed by atoms with van der Waals surface area (Å²) in [6.07, 6.45) is 3.93. The number of carboxylic acids is 1. The number of rotatable bonds is 11. The molecule has 5 rings (SSSR count). The first-order valence-corrected chi connectivity index (χ1v) is 13.8. The predicted octanol–water partition coefficient (Wildman–Crippen LogP) is 3.92. The number of pyridine rings is 1. The summed E-state index contributed by atoms with van der Waals surface area (Å²) in [5.41, 5.74) is 3.29. The van der Waals surface area contributed by atoms with Gasteiger partial charge < -0.3 is 10.9 Å². The van der Waals surface area contributed by atoms with Gasteiger partial charge in [-0.2, -0.15) is 9.78 Å². The number of carboxylic acid groups (broad SMARTS) is 1. The topological polar surface area (TPSA) is 150 Å². The van der Waals surface area contributed by atoms with Gasteiger partial charge in [0.2, 0.25) is 10.3 Å². The van der Waals surface area contributed by atoms with Crippen molar-refractivity contribution >= 4 is 35.2 Å². The van der Waals surface area contributed by atoms with Crippen LogP contribution < -0.4 is 5.84 Å². The zero-order valence-electron chi connectivity index (χ0n) is 20.5. The van der Waals surface area contributed by atoms with E-state index in [4.69, 9.17) is 10.9 Å². The molecular formula is C26H23N9O2S2. The lowest BCUT2D eigenvalue weighted by atomic mass is 10.1. The van der Waals surface area contributed by atoms with Gasteiger partial charge in [-0.1, -0.05) is 84.2 Å². The fourth-order valence-corrected chi connectivity index (χ4v) is 5.05. The smallest absolute Gasteiger partial charge is 0.313 e. The maximum Gasteiger partial charge on any atom is 0.313 e. The second-order valence-corrected chi connectivity index (χ2v) is 10.1. The molecule has 11 nitrogen and oxygen atoms in total. The molecule has 0 saturated heterocycles. The minimum atomic E-state index is -0.948. The lowest BCUT2D eigenvalue weighted by Crippen LogP contribution is -2.12. The Balaban J connectivity index is 1.44. The quantitative estimate of drug-likeness (QED) is 0.139. The second kappa shape index (κ2) is 12.4. The molecule has 13 heteroatoms. The van der Waals surface area contributed by atoms with Crippen LogP contribution in [0.5, 0.6) is 0 Å². The Morgan fingerprint density at radius 1 is 0.846 bits per heavy atom. The van der Waals surface area contributed by atoms with Crippen molar-refractivity contribution in [2.24, 2.45) is 5.10 Å². The van der Waals surface area contributed by atoms with Gasteiger partial charge in [0.25, 0.3) is 0 Å². The van der Waals surface area contributed by atoms with Gasteiger partial charge in [-0.3, -0.25) is 9.78 Å². The highest BCUT2D eigenvalue weighted by molar-refractivity contribution is 7.99. The van der Waals surface area contributed by atoms with Crippen LogP contribution in [-0.2, 0) is 4.79 Å². The lowest BCUT2D eigenvalue weighted by Gasteiger charge is -2.10. The van der Waals surface area contributed by atoms with Crippen molar-refractivity contribution < 1.29 is 9.90 Å². The molecule has 0 radical (unpaired) electrons. The summed E-state index contributed by atoms with van der Waals surface area (Å²) in [6.45, 7) is 0. The van der Waals surface area contributed by atoms with Crippen molar-refractivity contribution in [2.45, 2.75) is 16.7 Å². The van der Waals surface area contributed by atoms with Crippen molar-refractivity contribution in [1.29, 1.82) is 0 Å². The molecule has 0 unspecified atom stereocenters. The Hall–Kier alpha value is -4.49. The largest absolute Gasteiger partial charge is 0.481 e. The van der Waals surface area contributed by atoms with Crippen molar-refractivity contribution in [1.82, 2.24) is 34.7 Å². The normalized spacial score (nSPS) is 11.5. The summed E-state index contributed by atoms with van der Waals surface area (Å²) in [5, 5.41) is 32.2. The molecule has 3 N–H and O–H groups in total. The number of nitrogen functional groups attached to an aromatic ring is 1. The monoisotopic (exact) mass is 557 g/mol. The van der Waals surface area contributed by atoms with E-state index >= 15 is 0 Å². The van der Waals surface area contributed by atoms with Crippen LogP contribution in [0, 0.1) is 0 Å². The number of hydrogen-bond acceptors (Lipinski definition) is 10. The minimum Gasteiger partial charge on any atom is -0.481 e. The van der Waals surface area contributed by atoms with Crippen LogP contribution in [0.15, 0.2) is 101 Å². The summed E-state index contributed by atoms with van der Waals surface area (Å²) < 4.78 is 3.07. The first-order valence-electron chi connectivity index (χ1n) is 11.8. The number of nitrogens with two attached hydrogens (primary N) is 1. The van der Waals surface area contributed by atoms with Crippen LogP contribution in [-0.4, -0.2) is 63.0 Å². The number of thioether (sulfide) groups is 2. The Labute approximate surface area is 232 Å². The Morgan fingerprint density at radius 2 is 1.54 bits per heavy atom. The zero-order chi connectivity index (χ0) is 27.0. The summed E-state index contributed by atoms with van der Waals surface area (Å²) in [5.74, 6) is 6.82. The van der Waals surface area contributed by atoms with Crippen LogP contribution in [0.4, 0.5) is 0 Å². The van der Waals surface area contributed by atoms with E-state index in [-0.39, 0.29) is 5.75 Å². The lowest BCUT2D eigenvalue weighted by molar-refractivity contribution is -0.133. The number of aromatic nitrogens is 7. The van der Waals surface area contributed by atoms with Gasteiger partial charge in [-0.05, 0) is 17.7 Å². The molecule has 3 heterocycles. The van der Waals surface area contributed by atoms with Gasteiger partial charge >= 0.3 is 5.97 Å².